The standard InChI is InChI=1S/C22H35NO2/c1-25-21-14-8-7-13-19(21)22(24)20(15-23)18-12-6-5-11-17(18)16-9-3-2-4-10-16/h16-21H,2-14H2,1H3/t17-,18-,19+,20+,21+/m1/s1. The van der Waals surface area contributed by atoms with Crippen molar-refractivity contribution >= 4 is 5.78 Å². The number of carbonyl (C=O) groups excluding carboxylic acids is 1. The van der Waals surface area contributed by atoms with Crippen molar-refractivity contribution in [2.45, 2.75) is 89.6 Å². The van der Waals surface area contributed by atoms with E-state index in [4.69, 9.17) is 4.74 Å². The van der Waals surface area contributed by atoms with Gasteiger partial charge in [-0.2, -0.15) is 5.26 Å². The quantitative estimate of drug-likeness (QED) is 0.680. The lowest BCUT2D eigenvalue weighted by molar-refractivity contribution is -0.134. The van der Waals surface area contributed by atoms with Gasteiger partial charge < -0.3 is 4.74 Å². The summed E-state index contributed by atoms with van der Waals surface area (Å²) in [5.41, 5.74) is 0. The maximum Gasteiger partial charge on any atom is 0.155 e. The van der Waals surface area contributed by atoms with Crippen LogP contribution in [0.2, 0.25) is 0 Å². The Balaban J connectivity index is 1.74. The summed E-state index contributed by atoms with van der Waals surface area (Å²) >= 11 is 0. The van der Waals surface area contributed by atoms with Gasteiger partial charge >= 0.3 is 0 Å². The van der Waals surface area contributed by atoms with E-state index in [1.54, 1.807) is 7.11 Å². The molecule has 0 unspecified atom stereocenters. The van der Waals surface area contributed by atoms with Crippen molar-refractivity contribution in [1.82, 2.24) is 0 Å². The Morgan fingerprint density at radius 3 is 2.28 bits per heavy atom. The molecule has 0 radical (unpaired) electrons. The lowest BCUT2D eigenvalue weighted by Crippen LogP contribution is -2.42. The van der Waals surface area contributed by atoms with E-state index in [0.29, 0.717) is 11.8 Å². The highest BCUT2D eigenvalue weighted by molar-refractivity contribution is 5.86. The van der Waals surface area contributed by atoms with Gasteiger partial charge in [-0.05, 0) is 43.4 Å². The summed E-state index contributed by atoms with van der Waals surface area (Å²) in [4.78, 5) is 13.3. The number of nitriles is 1. The van der Waals surface area contributed by atoms with Crippen LogP contribution in [0.15, 0.2) is 0 Å². The number of Topliss-reactive ketones (excluding diaryl/α,β-unsaturated/α-hetero) is 1. The molecule has 0 heterocycles. The number of ketones is 1. The summed E-state index contributed by atoms with van der Waals surface area (Å²) in [5, 5.41) is 9.94. The highest BCUT2D eigenvalue weighted by Gasteiger charge is 2.43. The van der Waals surface area contributed by atoms with Crippen molar-refractivity contribution in [3.63, 3.8) is 0 Å². The Labute approximate surface area is 153 Å². The van der Waals surface area contributed by atoms with E-state index in [1.807, 2.05) is 0 Å². The number of nitrogens with zero attached hydrogens (tertiary/aromatic N) is 1. The fraction of sp³-hybridized carbons (Fsp3) is 0.909. The summed E-state index contributed by atoms with van der Waals surface area (Å²) in [6.07, 6.45) is 15.6. The van der Waals surface area contributed by atoms with E-state index in [-0.39, 0.29) is 17.8 Å². The molecule has 0 bridgehead atoms. The van der Waals surface area contributed by atoms with E-state index in [9.17, 15) is 10.1 Å². The molecule has 3 aliphatic carbocycles. The molecule has 0 aromatic carbocycles. The third kappa shape index (κ3) is 4.27. The molecule has 25 heavy (non-hydrogen) atoms. The van der Waals surface area contributed by atoms with Gasteiger partial charge in [-0.1, -0.05) is 57.8 Å². The van der Waals surface area contributed by atoms with Crippen LogP contribution in [0.5, 0.6) is 0 Å². The van der Waals surface area contributed by atoms with Crippen LogP contribution < -0.4 is 0 Å². The maximum absolute atomic E-state index is 13.3. The molecule has 140 valence electrons. The monoisotopic (exact) mass is 345 g/mol. The smallest absolute Gasteiger partial charge is 0.155 e. The topological polar surface area (TPSA) is 50.1 Å². The first-order valence-electron chi connectivity index (χ1n) is 10.7. The number of methoxy groups -OCH3 is 1. The second-order valence-corrected chi connectivity index (χ2v) is 8.68. The lowest BCUT2D eigenvalue weighted by Gasteiger charge is -2.41. The minimum Gasteiger partial charge on any atom is -0.381 e. The molecule has 5 atom stereocenters. The number of hydrogen-bond donors (Lipinski definition) is 0. The molecule has 3 saturated carbocycles. The Kier molecular flexibility index (Phi) is 6.93. The second kappa shape index (κ2) is 9.17. The molecule has 0 aromatic rings. The average molecular weight is 346 g/mol. The highest BCUT2D eigenvalue weighted by Crippen LogP contribution is 2.45. The maximum atomic E-state index is 13.3. The first-order valence-corrected chi connectivity index (χ1v) is 10.7. The Bertz CT molecular complexity index is 477. The van der Waals surface area contributed by atoms with Crippen molar-refractivity contribution in [3.05, 3.63) is 0 Å². The van der Waals surface area contributed by atoms with Gasteiger partial charge in [0, 0.05) is 13.0 Å². The molecule has 0 aromatic heterocycles. The second-order valence-electron chi connectivity index (χ2n) is 8.68. The Hall–Kier alpha value is -0.880. The number of rotatable bonds is 5. The normalized spacial score (nSPS) is 35.7. The third-order valence-electron chi connectivity index (χ3n) is 7.37. The van der Waals surface area contributed by atoms with E-state index >= 15 is 0 Å². The summed E-state index contributed by atoms with van der Waals surface area (Å²) in [5.74, 6) is 1.43. The average Bonchev–Trinajstić information content (AvgIpc) is 2.69. The van der Waals surface area contributed by atoms with Gasteiger partial charge in [0.05, 0.1) is 12.2 Å². The molecule has 3 rings (SSSR count). The van der Waals surface area contributed by atoms with Gasteiger partial charge in [0.25, 0.3) is 0 Å². The van der Waals surface area contributed by atoms with Crippen LogP contribution in [0.25, 0.3) is 0 Å². The fourth-order valence-electron chi connectivity index (χ4n) is 6.06. The van der Waals surface area contributed by atoms with Crippen LogP contribution in [0.3, 0.4) is 0 Å². The van der Waals surface area contributed by atoms with Crippen molar-refractivity contribution in [1.29, 1.82) is 5.26 Å². The van der Waals surface area contributed by atoms with Crippen LogP contribution >= 0.6 is 0 Å². The number of carbonyl (C=O) groups is 1. The largest absolute Gasteiger partial charge is 0.381 e. The van der Waals surface area contributed by atoms with Gasteiger partial charge in [0.15, 0.2) is 5.78 Å². The predicted molar refractivity (Wildman–Crippen MR) is 98.9 cm³/mol. The van der Waals surface area contributed by atoms with Gasteiger partial charge in [-0.25, -0.2) is 0 Å². The SMILES string of the molecule is CO[C@H]1CCCC[C@@H]1C(=O)[C@@H](C#N)[C@@H]1CCCC[C@@H]1C1CCCCC1. The zero-order chi connectivity index (χ0) is 17.6. The van der Waals surface area contributed by atoms with Crippen LogP contribution in [0.4, 0.5) is 0 Å². The van der Waals surface area contributed by atoms with E-state index < -0.39 is 5.92 Å². The predicted octanol–water partition coefficient (Wildman–Crippen LogP) is 5.29. The Morgan fingerprint density at radius 1 is 0.920 bits per heavy atom. The van der Waals surface area contributed by atoms with E-state index in [2.05, 4.69) is 6.07 Å². The summed E-state index contributed by atoms with van der Waals surface area (Å²) in [6.45, 7) is 0. The van der Waals surface area contributed by atoms with E-state index in [1.165, 1.54) is 51.4 Å². The zero-order valence-corrected chi connectivity index (χ0v) is 15.9. The highest BCUT2D eigenvalue weighted by atomic mass is 16.5. The van der Waals surface area contributed by atoms with Gasteiger partial charge in [-0.15, -0.1) is 0 Å². The van der Waals surface area contributed by atoms with Crippen LogP contribution in [-0.4, -0.2) is 19.0 Å². The number of ether oxygens (including phenoxy) is 1. The van der Waals surface area contributed by atoms with Gasteiger partial charge in [0.1, 0.15) is 5.92 Å². The minimum absolute atomic E-state index is 0.0359. The molecule has 3 aliphatic rings. The van der Waals surface area contributed by atoms with E-state index in [0.717, 1.165) is 38.0 Å². The molecule has 0 spiro atoms. The minimum atomic E-state index is -0.395. The van der Waals surface area contributed by atoms with Crippen molar-refractivity contribution in [2.24, 2.45) is 29.6 Å². The van der Waals surface area contributed by atoms with Gasteiger partial charge in [-0.3, -0.25) is 4.79 Å². The Morgan fingerprint density at radius 2 is 1.56 bits per heavy atom. The van der Waals surface area contributed by atoms with Crippen molar-refractivity contribution < 1.29 is 9.53 Å². The fourth-order valence-corrected chi connectivity index (χ4v) is 6.06. The molecule has 0 N–H and O–H groups in total. The van der Waals surface area contributed by atoms with Crippen molar-refractivity contribution in [2.75, 3.05) is 7.11 Å². The molecule has 0 aliphatic heterocycles. The first-order chi connectivity index (χ1) is 12.3. The lowest BCUT2D eigenvalue weighted by atomic mass is 9.62. The molecule has 3 nitrogen and oxygen atoms in total. The molecule has 0 saturated heterocycles. The van der Waals surface area contributed by atoms with Gasteiger partial charge in [0.2, 0.25) is 0 Å². The molecule has 0 amide bonds. The molecular weight excluding hydrogens is 310 g/mol. The number of hydrogen-bond acceptors (Lipinski definition) is 3. The van der Waals surface area contributed by atoms with Crippen LogP contribution in [0, 0.1) is 40.9 Å². The zero-order valence-electron chi connectivity index (χ0n) is 15.9. The molecule has 3 fully saturated rings. The molecular formula is C22H35NO2. The molecule has 3 heteroatoms. The van der Waals surface area contributed by atoms with Crippen molar-refractivity contribution in [3.8, 4) is 6.07 Å². The van der Waals surface area contributed by atoms with Crippen LogP contribution in [0.1, 0.15) is 83.5 Å². The first kappa shape index (κ1) is 18.9. The summed E-state index contributed by atoms with van der Waals surface area (Å²) in [7, 11) is 1.73. The summed E-state index contributed by atoms with van der Waals surface area (Å²) in [6, 6.07) is 2.48. The summed E-state index contributed by atoms with van der Waals surface area (Å²) < 4.78 is 5.62. The third-order valence-corrected chi connectivity index (χ3v) is 7.37. The van der Waals surface area contributed by atoms with Crippen LogP contribution in [-0.2, 0) is 9.53 Å².